The van der Waals surface area contributed by atoms with Crippen LogP contribution in [0.5, 0.6) is 0 Å². The molecule has 2 rings (SSSR count). The van der Waals surface area contributed by atoms with Crippen LogP contribution in [0.2, 0.25) is 0 Å². The van der Waals surface area contributed by atoms with Crippen molar-refractivity contribution in [1.29, 1.82) is 0 Å². The van der Waals surface area contributed by atoms with Gasteiger partial charge in [-0.15, -0.1) is 0 Å². The summed E-state index contributed by atoms with van der Waals surface area (Å²) in [6.45, 7) is 0.189. The predicted molar refractivity (Wildman–Crippen MR) is 66.1 cm³/mol. The summed E-state index contributed by atoms with van der Waals surface area (Å²) in [7, 11) is 1.48. The van der Waals surface area contributed by atoms with Gasteiger partial charge in [0.15, 0.2) is 0 Å². The molecule has 1 atom stereocenters. The first-order chi connectivity index (χ1) is 9.44. The predicted octanol–water partition coefficient (Wildman–Crippen LogP) is 2.50. The van der Waals surface area contributed by atoms with Gasteiger partial charge in [-0.25, -0.2) is 0 Å². The van der Waals surface area contributed by atoms with Gasteiger partial charge in [-0.3, -0.25) is 0 Å². The van der Waals surface area contributed by atoms with Gasteiger partial charge in [0, 0.05) is 7.11 Å². The van der Waals surface area contributed by atoms with E-state index in [1.54, 1.807) is 6.08 Å². The van der Waals surface area contributed by atoms with E-state index in [4.69, 9.17) is 9.47 Å². The van der Waals surface area contributed by atoms with Gasteiger partial charge in [0.25, 0.3) is 0 Å². The summed E-state index contributed by atoms with van der Waals surface area (Å²) in [4.78, 5) is 0. The molecule has 1 unspecified atom stereocenters. The summed E-state index contributed by atoms with van der Waals surface area (Å²) < 4.78 is 47.6. The molecular weight excluding hydrogens is 273 g/mol. The van der Waals surface area contributed by atoms with Crippen LogP contribution in [0.15, 0.2) is 35.9 Å². The minimum atomic E-state index is -4.35. The van der Waals surface area contributed by atoms with Gasteiger partial charge in [0.2, 0.25) is 0 Å². The second-order valence-electron chi connectivity index (χ2n) is 4.63. The van der Waals surface area contributed by atoms with Crippen LogP contribution in [0.3, 0.4) is 0 Å². The van der Waals surface area contributed by atoms with E-state index in [0.29, 0.717) is 5.56 Å². The lowest BCUT2D eigenvalue weighted by Crippen LogP contribution is -2.21. The third-order valence-corrected chi connectivity index (χ3v) is 3.34. The Morgan fingerprint density at radius 2 is 1.85 bits per heavy atom. The van der Waals surface area contributed by atoms with Crippen molar-refractivity contribution in [1.82, 2.24) is 0 Å². The Balaban J connectivity index is 2.15. The van der Waals surface area contributed by atoms with Gasteiger partial charge >= 0.3 is 6.18 Å². The Bertz CT molecular complexity index is 493. The molecule has 0 bridgehead atoms. The lowest BCUT2D eigenvalue weighted by molar-refractivity contribution is -0.137. The zero-order valence-electron chi connectivity index (χ0n) is 10.9. The van der Waals surface area contributed by atoms with Crippen LogP contribution in [-0.4, -0.2) is 32.2 Å². The van der Waals surface area contributed by atoms with Crippen LogP contribution in [0.4, 0.5) is 13.2 Å². The van der Waals surface area contributed by atoms with Crippen molar-refractivity contribution in [3.05, 3.63) is 47.0 Å². The van der Waals surface area contributed by atoms with Crippen molar-refractivity contribution < 1.29 is 27.8 Å². The van der Waals surface area contributed by atoms with E-state index in [1.807, 2.05) is 0 Å². The number of halogens is 3. The molecule has 0 radical (unpaired) electrons. The SMILES string of the molecule is COCOCC1(c2ccc(C(F)(F)F)cc2)C=C1CO. The third kappa shape index (κ3) is 2.87. The van der Waals surface area contributed by atoms with E-state index in [1.165, 1.54) is 19.2 Å². The zero-order chi connectivity index (χ0) is 14.8. The van der Waals surface area contributed by atoms with Crippen LogP contribution in [0, 0.1) is 0 Å². The van der Waals surface area contributed by atoms with E-state index >= 15 is 0 Å². The quantitative estimate of drug-likeness (QED) is 0.496. The highest BCUT2D eigenvalue weighted by molar-refractivity contribution is 5.55. The highest BCUT2D eigenvalue weighted by Gasteiger charge is 2.45. The smallest absolute Gasteiger partial charge is 0.392 e. The van der Waals surface area contributed by atoms with Crippen LogP contribution in [0.1, 0.15) is 11.1 Å². The number of benzene rings is 1. The maximum absolute atomic E-state index is 12.5. The summed E-state index contributed by atoms with van der Waals surface area (Å²) in [5, 5.41) is 9.21. The first kappa shape index (κ1) is 15.0. The third-order valence-electron chi connectivity index (χ3n) is 3.34. The number of alkyl halides is 3. The number of aliphatic hydroxyl groups excluding tert-OH is 1. The van der Waals surface area contributed by atoms with Crippen molar-refractivity contribution in [3.63, 3.8) is 0 Å². The van der Waals surface area contributed by atoms with Gasteiger partial charge in [-0.05, 0) is 23.3 Å². The molecule has 1 aliphatic rings. The monoisotopic (exact) mass is 288 g/mol. The lowest BCUT2D eigenvalue weighted by Gasteiger charge is -2.19. The Morgan fingerprint density at radius 3 is 2.30 bits per heavy atom. The van der Waals surface area contributed by atoms with Gasteiger partial charge < -0.3 is 14.6 Å². The molecule has 1 aromatic rings. The molecule has 0 saturated heterocycles. The molecule has 0 aromatic heterocycles. The van der Waals surface area contributed by atoms with Crippen LogP contribution in [0.25, 0.3) is 0 Å². The van der Waals surface area contributed by atoms with Gasteiger partial charge in [0.05, 0.1) is 24.2 Å². The summed E-state index contributed by atoms with van der Waals surface area (Å²) in [6, 6.07) is 4.90. The Hall–Kier alpha value is -1.37. The number of rotatable bonds is 6. The van der Waals surface area contributed by atoms with Gasteiger partial charge in [-0.2, -0.15) is 13.2 Å². The molecule has 1 aliphatic carbocycles. The molecule has 0 heterocycles. The molecule has 0 fully saturated rings. The molecule has 1 N–H and O–H groups in total. The summed E-state index contributed by atoms with van der Waals surface area (Å²) >= 11 is 0. The van der Waals surface area contributed by atoms with E-state index < -0.39 is 17.2 Å². The molecule has 6 heteroatoms. The number of methoxy groups -OCH3 is 1. The minimum absolute atomic E-state index is 0.0922. The van der Waals surface area contributed by atoms with Gasteiger partial charge in [0.1, 0.15) is 6.79 Å². The van der Waals surface area contributed by atoms with Gasteiger partial charge in [-0.1, -0.05) is 18.2 Å². The van der Waals surface area contributed by atoms with Crippen molar-refractivity contribution in [2.75, 3.05) is 27.1 Å². The second kappa shape index (κ2) is 5.55. The normalized spacial score (nSPS) is 21.8. The fraction of sp³-hybridized carbons (Fsp3) is 0.429. The number of ether oxygens (including phenoxy) is 2. The van der Waals surface area contributed by atoms with Crippen LogP contribution >= 0.6 is 0 Å². The standard InChI is InChI=1S/C14H15F3O3/c1-19-9-20-8-13(6-12(13)7-18)10-2-4-11(5-3-10)14(15,16)17/h2-6,18H,7-9H2,1H3. The summed E-state index contributed by atoms with van der Waals surface area (Å²) in [6.07, 6.45) is -2.56. The molecule has 1 aromatic carbocycles. The molecule has 3 nitrogen and oxygen atoms in total. The first-order valence-electron chi connectivity index (χ1n) is 6.01. The maximum atomic E-state index is 12.5. The molecule has 0 amide bonds. The van der Waals surface area contributed by atoms with E-state index in [2.05, 4.69) is 0 Å². The maximum Gasteiger partial charge on any atom is 0.416 e. The topological polar surface area (TPSA) is 38.7 Å². The van der Waals surface area contributed by atoms with E-state index in [9.17, 15) is 18.3 Å². The first-order valence-corrected chi connectivity index (χ1v) is 6.01. The molecule has 20 heavy (non-hydrogen) atoms. The summed E-state index contributed by atoms with van der Waals surface area (Å²) in [5.41, 5.74) is 0.122. The molecule has 0 saturated carbocycles. The minimum Gasteiger partial charge on any atom is -0.392 e. The van der Waals surface area contributed by atoms with Crippen molar-refractivity contribution in [2.45, 2.75) is 11.6 Å². The fourth-order valence-corrected chi connectivity index (χ4v) is 2.18. The Kier molecular flexibility index (Phi) is 4.17. The zero-order valence-corrected chi connectivity index (χ0v) is 10.9. The number of hydrogen-bond donors (Lipinski definition) is 1. The van der Waals surface area contributed by atoms with Crippen LogP contribution < -0.4 is 0 Å². The lowest BCUT2D eigenvalue weighted by atomic mass is 9.90. The highest BCUT2D eigenvalue weighted by atomic mass is 19.4. The average Bonchev–Trinajstić information content (AvgIpc) is 3.13. The Labute approximate surface area is 114 Å². The van der Waals surface area contributed by atoms with Crippen LogP contribution in [-0.2, 0) is 21.1 Å². The second-order valence-corrected chi connectivity index (χ2v) is 4.63. The fourth-order valence-electron chi connectivity index (χ4n) is 2.18. The van der Waals surface area contributed by atoms with E-state index in [0.717, 1.165) is 17.7 Å². The summed E-state index contributed by atoms with van der Waals surface area (Å²) in [5.74, 6) is 0. The molecule has 0 spiro atoms. The van der Waals surface area contributed by atoms with E-state index in [-0.39, 0.29) is 20.0 Å². The largest absolute Gasteiger partial charge is 0.416 e. The van der Waals surface area contributed by atoms with Crippen molar-refractivity contribution in [3.8, 4) is 0 Å². The molecule has 110 valence electrons. The molecule has 0 aliphatic heterocycles. The van der Waals surface area contributed by atoms with Crippen molar-refractivity contribution in [2.24, 2.45) is 0 Å². The molecular formula is C14H15F3O3. The number of aliphatic hydroxyl groups is 1. The highest BCUT2D eigenvalue weighted by Crippen LogP contribution is 2.47. The average molecular weight is 288 g/mol. The Morgan fingerprint density at radius 1 is 1.20 bits per heavy atom. The van der Waals surface area contributed by atoms with Crippen molar-refractivity contribution >= 4 is 0 Å². The number of hydrogen-bond acceptors (Lipinski definition) is 3.